The summed E-state index contributed by atoms with van der Waals surface area (Å²) in [6.07, 6.45) is 21.5. The van der Waals surface area contributed by atoms with Crippen LogP contribution in [0.2, 0.25) is 0 Å². The Morgan fingerprint density at radius 2 is 1.19 bits per heavy atom. The second kappa shape index (κ2) is 15.7. The molecule has 0 aromatic rings. The molecule has 0 atom stereocenters. The van der Waals surface area contributed by atoms with Crippen LogP contribution >= 0.6 is 0 Å². The molecule has 0 radical (unpaired) electrons. The van der Waals surface area contributed by atoms with Crippen LogP contribution in [0.5, 0.6) is 0 Å². The maximum Gasteiger partial charge on any atom is 0.333 e. The normalized spacial score (nSPS) is 24.2. The Balaban J connectivity index is 0.000000373. The summed E-state index contributed by atoms with van der Waals surface area (Å²) in [6, 6.07) is 0. The summed E-state index contributed by atoms with van der Waals surface area (Å²) in [5, 5.41) is 9.32. The fourth-order valence-corrected chi connectivity index (χ4v) is 6.24. The van der Waals surface area contributed by atoms with Crippen molar-refractivity contribution >= 4 is 17.8 Å². The van der Waals surface area contributed by atoms with Gasteiger partial charge >= 0.3 is 5.97 Å². The van der Waals surface area contributed by atoms with Gasteiger partial charge in [-0.15, -0.1) is 5.06 Å². The third kappa shape index (κ3) is 9.46. The maximum absolute atomic E-state index is 11.6. The van der Waals surface area contributed by atoms with Gasteiger partial charge in [-0.25, -0.2) is 4.79 Å². The summed E-state index contributed by atoms with van der Waals surface area (Å²) in [5.41, 5.74) is 1.37. The second-order valence-electron chi connectivity index (χ2n) is 12.2. The number of hydroxylamine groups is 2. The molecule has 1 heterocycles. The van der Waals surface area contributed by atoms with E-state index in [1.165, 1.54) is 77.0 Å². The number of imide groups is 1. The first-order chi connectivity index (χ1) is 17.2. The van der Waals surface area contributed by atoms with Gasteiger partial charge in [-0.05, 0) is 55.3 Å². The van der Waals surface area contributed by atoms with Crippen molar-refractivity contribution in [3.05, 3.63) is 0 Å². The van der Waals surface area contributed by atoms with Gasteiger partial charge in [0, 0.05) is 25.9 Å². The highest BCUT2D eigenvalue weighted by Gasteiger charge is 2.55. The number of rotatable bonds is 16. The minimum atomic E-state index is -0.493. The molecular formula is C30H53NO5. The van der Waals surface area contributed by atoms with Gasteiger partial charge in [0.1, 0.15) is 0 Å². The number of carbonyl (C=O) groups excluding carboxylic acids is 3. The van der Waals surface area contributed by atoms with Gasteiger partial charge in [-0.2, -0.15) is 0 Å². The molecule has 6 heteroatoms. The summed E-state index contributed by atoms with van der Waals surface area (Å²) in [7, 11) is 0. The fraction of sp³-hybridized carbons (Fsp3) is 0.900. The molecule has 2 saturated carbocycles. The van der Waals surface area contributed by atoms with Gasteiger partial charge in [-0.1, -0.05) is 91.4 Å². The Morgan fingerprint density at radius 3 is 1.53 bits per heavy atom. The third-order valence-electron chi connectivity index (χ3n) is 9.40. The molecule has 1 aliphatic heterocycles. The highest BCUT2D eigenvalue weighted by molar-refractivity contribution is 6.01. The predicted molar refractivity (Wildman–Crippen MR) is 143 cm³/mol. The SMILES string of the molecule is CC12CCC(CC1)C2(C)C.O=C(CCCCCCCCCCCCCCCO)ON1C(=O)CCC1=O. The van der Waals surface area contributed by atoms with Crippen LogP contribution in [0.3, 0.4) is 0 Å². The number of aliphatic hydroxyl groups is 1. The number of aliphatic hydroxyl groups excluding tert-OH is 1. The molecule has 36 heavy (non-hydrogen) atoms. The van der Waals surface area contributed by atoms with E-state index in [0.717, 1.165) is 38.0 Å². The van der Waals surface area contributed by atoms with Crippen molar-refractivity contribution in [2.75, 3.05) is 6.61 Å². The largest absolute Gasteiger partial charge is 0.396 e. The summed E-state index contributed by atoms with van der Waals surface area (Å²) in [4.78, 5) is 39.1. The summed E-state index contributed by atoms with van der Waals surface area (Å²) >= 11 is 0. The van der Waals surface area contributed by atoms with Crippen LogP contribution in [-0.2, 0) is 19.2 Å². The van der Waals surface area contributed by atoms with Gasteiger partial charge in [0.05, 0.1) is 0 Å². The van der Waals surface area contributed by atoms with E-state index >= 15 is 0 Å². The average Bonchev–Trinajstić information content (AvgIpc) is 3.37. The first-order valence-electron chi connectivity index (χ1n) is 14.9. The smallest absolute Gasteiger partial charge is 0.333 e. The number of hydrogen-bond donors (Lipinski definition) is 1. The Morgan fingerprint density at radius 1 is 0.778 bits per heavy atom. The number of hydrogen-bond acceptors (Lipinski definition) is 5. The summed E-state index contributed by atoms with van der Waals surface area (Å²) in [5.74, 6) is -0.285. The number of nitrogens with zero attached hydrogens (tertiary/aromatic N) is 1. The molecule has 0 aromatic heterocycles. The van der Waals surface area contributed by atoms with Crippen molar-refractivity contribution in [1.82, 2.24) is 5.06 Å². The lowest BCUT2D eigenvalue weighted by atomic mass is 9.71. The van der Waals surface area contributed by atoms with E-state index in [9.17, 15) is 14.4 Å². The quantitative estimate of drug-likeness (QED) is 0.175. The zero-order chi connectivity index (χ0) is 26.4. The van der Waals surface area contributed by atoms with Crippen molar-refractivity contribution < 1.29 is 24.3 Å². The molecule has 3 aliphatic rings. The molecule has 2 aliphatic carbocycles. The molecule has 2 amide bonds. The third-order valence-corrected chi connectivity index (χ3v) is 9.40. The van der Waals surface area contributed by atoms with E-state index < -0.39 is 17.8 Å². The maximum atomic E-state index is 11.6. The van der Waals surface area contributed by atoms with Gasteiger partial charge in [-0.3, -0.25) is 9.59 Å². The van der Waals surface area contributed by atoms with Crippen LogP contribution < -0.4 is 0 Å². The van der Waals surface area contributed by atoms with Crippen molar-refractivity contribution in [2.45, 2.75) is 149 Å². The minimum Gasteiger partial charge on any atom is -0.396 e. The molecule has 1 saturated heterocycles. The van der Waals surface area contributed by atoms with E-state index in [4.69, 9.17) is 9.94 Å². The van der Waals surface area contributed by atoms with Crippen LogP contribution in [-0.4, -0.2) is 34.6 Å². The van der Waals surface area contributed by atoms with Crippen molar-refractivity contribution in [2.24, 2.45) is 16.7 Å². The van der Waals surface area contributed by atoms with E-state index in [1.807, 2.05) is 0 Å². The lowest BCUT2D eigenvalue weighted by Crippen LogP contribution is -2.31. The average molecular weight is 508 g/mol. The van der Waals surface area contributed by atoms with Gasteiger partial charge < -0.3 is 9.94 Å². The van der Waals surface area contributed by atoms with Crippen molar-refractivity contribution in [1.29, 1.82) is 0 Å². The Bertz CT molecular complexity index is 662. The Hall–Kier alpha value is -1.43. The number of amides is 2. The molecule has 6 nitrogen and oxygen atoms in total. The van der Waals surface area contributed by atoms with Crippen molar-refractivity contribution in [3.63, 3.8) is 0 Å². The Kier molecular flexibility index (Phi) is 13.5. The van der Waals surface area contributed by atoms with Crippen LogP contribution in [0.1, 0.15) is 149 Å². The Labute approximate surface area is 219 Å². The van der Waals surface area contributed by atoms with Crippen molar-refractivity contribution in [3.8, 4) is 0 Å². The number of carbonyl (C=O) groups is 3. The standard InChI is InChI=1S/C20H35NO5.C10H18/c22-17-13-11-9-7-5-3-1-2-4-6-8-10-12-14-20(25)26-21-18(23)15-16-19(21)24;1-9(2)8-4-6-10(9,3)7-5-8/h22H,1-17H2;8H,4-7H2,1-3H3. The van der Waals surface area contributed by atoms with Gasteiger partial charge in [0.25, 0.3) is 11.8 Å². The molecule has 0 unspecified atom stereocenters. The molecule has 0 spiro atoms. The molecule has 3 fully saturated rings. The monoisotopic (exact) mass is 507 g/mol. The van der Waals surface area contributed by atoms with Crippen LogP contribution in [0.4, 0.5) is 0 Å². The fourth-order valence-electron chi connectivity index (χ4n) is 6.24. The van der Waals surface area contributed by atoms with Crippen LogP contribution in [0.25, 0.3) is 0 Å². The van der Waals surface area contributed by atoms with E-state index in [1.54, 1.807) is 0 Å². The van der Waals surface area contributed by atoms with E-state index in [0.29, 0.717) is 22.5 Å². The second-order valence-corrected chi connectivity index (χ2v) is 12.2. The minimum absolute atomic E-state index is 0.135. The van der Waals surface area contributed by atoms with Crippen LogP contribution in [0.15, 0.2) is 0 Å². The molecule has 3 rings (SSSR count). The zero-order valence-corrected chi connectivity index (χ0v) is 23.5. The lowest BCUT2D eigenvalue weighted by molar-refractivity contribution is -0.197. The highest BCUT2D eigenvalue weighted by atomic mass is 16.7. The summed E-state index contributed by atoms with van der Waals surface area (Å²) in [6.45, 7) is 7.74. The lowest BCUT2D eigenvalue weighted by Gasteiger charge is -2.34. The van der Waals surface area contributed by atoms with Crippen LogP contribution in [0, 0.1) is 16.7 Å². The van der Waals surface area contributed by atoms with E-state index in [2.05, 4.69) is 20.8 Å². The van der Waals surface area contributed by atoms with Gasteiger partial charge in [0.15, 0.2) is 0 Å². The van der Waals surface area contributed by atoms with E-state index in [-0.39, 0.29) is 19.3 Å². The molecular weight excluding hydrogens is 454 g/mol. The first-order valence-corrected chi connectivity index (χ1v) is 14.9. The zero-order valence-electron chi connectivity index (χ0n) is 23.5. The predicted octanol–water partition coefficient (Wildman–Crippen LogP) is 7.27. The molecule has 1 N–H and O–H groups in total. The highest BCUT2D eigenvalue weighted by Crippen LogP contribution is 2.65. The van der Waals surface area contributed by atoms with Gasteiger partial charge in [0.2, 0.25) is 0 Å². The topological polar surface area (TPSA) is 83.9 Å². The molecule has 208 valence electrons. The number of unbranched alkanes of at least 4 members (excludes halogenated alkanes) is 12. The molecule has 0 aromatic carbocycles. The molecule has 2 bridgehead atoms. The summed E-state index contributed by atoms with van der Waals surface area (Å²) < 4.78 is 0. The first kappa shape index (κ1) is 30.8. The number of fused-ring (bicyclic) bond motifs is 2.